The molecule has 0 amide bonds. The van der Waals surface area contributed by atoms with E-state index < -0.39 is 6.10 Å². The lowest BCUT2D eigenvalue weighted by Crippen LogP contribution is -2.10. The van der Waals surface area contributed by atoms with Gasteiger partial charge in [0, 0.05) is 22.3 Å². The summed E-state index contributed by atoms with van der Waals surface area (Å²) in [5.74, 6) is 0.996. The lowest BCUT2D eigenvalue weighted by Gasteiger charge is -2.23. The van der Waals surface area contributed by atoms with Gasteiger partial charge in [0.25, 0.3) is 0 Å². The van der Waals surface area contributed by atoms with E-state index in [4.69, 9.17) is 16.3 Å². The Morgan fingerprint density at radius 2 is 2.12 bits per heavy atom. The highest BCUT2D eigenvalue weighted by atomic mass is 35.5. The van der Waals surface area contributed by atoms with E-state index in [0.29, 0.717) is 27.8 Å². The second kappa shape index (κ2) is 3.47. The maximum Gasteiger partial charge on any atom is 0.225 e. The van der Waals surface area contributed by atoms with Gasteiger partial charge in [-0.2, -0.15) is 0 Å². The number of aliphatic hydroxyl groups excluding tert-OH is 1. The third-order valence-electron chi connectivity index (χ3n) is 2.57. The van der Waals surface area contributed by atoms with E-state index in [0.717, 1.165) is 0 Å². The summed E-state index contributed by atoms with van der Waals surface area (Å²) >= 11 is 5.87. The van der Waals surface area contributed by atoms with Gasteiger partial charge < -0.3 is 9.84 Å². The van der Waals surface area contributed by atoms with E-state index >= 15 is 0 Å². The van der Waals surface area contributed by atoms with E-state index in [2.05, 4.69) is 4.98 Å². The van der Waals surface area contributed by atoms with Crippen LogP contribution in [0, 0.1) is 0 Å². The molecular weight excluding hydrogens is 226 g/mol. The highest BCUT2D eigenvalue weighted by Crippen LogP contribution is 2.42. The maximum atomic E-state index is 10.1. The molecule has 1 N–H and O–H groups in total. The number of pyridine rings is 1. The topological polar surface area (TPSA) is 42.4 Å². The van der Waals surface area contributed by atoms with Crippen LogP contribution < -0.4 is 4.74 Å². The molecule has 1 atom stereocenters. The standard InChI is InChI=1S/C12H8ClNO2/c13-7-3-4-8-10(6-7)16-12-9(11(8)15)2-1-5-14-12/h1-6,11,15H. The molecule has 0 saturated heterocycles. The zero-order valence-electron chi connectivity index (χ0n) is 8.22. The molecule has 1 unspecified atom stereocenters. The summed E-state index contributed by atoms with van der Waals surface area (Å²) in [7, 11) is 0. The van der Waals surface area contributed by atoms with E-state index in [1.165, 1.54) is 0 Å². The van der Waals surface area contributed by atoms with Gasteiger partial charge in [-0.1, -0.05) is 17.7 Å². The van der Waals surface area contributed by atoms with Crippen molar-refractivity contribution in [3.05, 3.63) is 52.7 Å². The van der Waals surface area contributed by atoms with Crippen molar-refractivity contribution in [3.8, 4) is 11.6 Å². The maximum absolute atomic E-state index is 10.1. The van der Waals surface area contributed by atoms with Gasteiger partial charge in [-0.15, -0.1) is 0 Å². The van der Waals surface area contributed by atoms with Gasteiger partial charge in [0.1, 0.15) is 11.9 Å². The van der Waals surface area contributed by atoms with Gasteiger partial charge in [0.05, 0.1) is 0 Å². The molecule has 0 bridgehead atoms. The Bertz CT molecular complexity index is 556. The van der Waals surface area contributed by atoms with E-state index in [9.17, 15) is 5.11 Å². The monoisotopic (exact) mass is 233 g/mol. The first-order valence-electron chi connectivity index (χ1n) is 4.86. The first kappa shape index (κ1) is 9.63. The fourth-order valence-corrected chi connectivity index (χ4v) is 1.95. The summed E-state index contributed by atoms with van der Waals surface area (Å²) in [6.07, 6.45) is 0.922. The smallest absolute Gasteiger partial charge is 0.225 e. The zero-order chi connectivity index (χ0) is 11.1. The first-order valence-corrected chi connectivity index (χ1v) is 5.24. The molecule has 16 heavy (non-hydrogen) atoms. The van der Waals surface area contributed by atoms with Crippen LogP contribution in [0.25, 0.3) is 0 Å². The predicted octanol–water partition coefficient (Wildman–Crippen LogP) is 2.92. The molecule has 3 rings (SSSR count). The highest BCUT2D eigenvalue weighted by molar-refractivity contribution is 6.30. The number of benzene rings is 1. The minimum atomic E-state index is -0.704. The summed E-state index contributed by atoms with van der Waals surface area (Å²) in [6, 6.07) is 8.74. The van der Waals surface area contributed by atoms with Crippen molar-refractivity contribution in [2.75, 3.05) is 0 Å². The number of ether oxygens (including phenoxy) is 1. The van der Waals surface area contributed by atoms with Gasteiger partial charge in [0.15, 0.2) is 0 Å². The minimum Gasteiger partial charge on any atom is -0.438 e. The van der Waals surface area contributed by atoms with Crippen LogP contribution in [0.15, 0.2) is 36.5 Å². The zero-order valence-corrected chi connectivity index (χ0v) is 8.98. The molecular formula is C12H8ClNO2. The number of rotatable bonds is 0. The van der Waals surface area contributed by atoms with Crippen LogP contribution in [-0.4, -0.2) is 10.1 Å². The third kappa shape index (κ3) is 1.37. The van der Waals surface area contributed by atoms with Crippen molar-refractivity contribution in [1.82, 2.24) is 4.98 Å². The Morgan fingerprint density at radius 3 is 3.00 bits per heavy atom. The molecule has 0 radical (unpaired) electrons. The van der Waals surface area contributed by atoms with Crippen molar-refractivity contribution in [1.29, 1.82) is 0 Å². The molecule has 0 saturated carbocycles. The Morgan fingerprint density at radius 1 is 1.25 bits per heavy atom. The van der Waals surface area contributed by atoms with Crippen LogP contribution >= 0.6 is 11.6 Å². The van der Waals surface area contributed by atoms with Gasteiger partial charge >= 0.3 is 0 Å². The van der Waals surface area contributed by atoms with Crippen molar-refractivity contribution in [2.24, 2.45) is 0 Å². The normalized spacial score (nSPS) is 17.2. The molecule has 4 heteroatoms. The Hall–Kier alpha value is -1.58. The number of hydrogen-bond donors (Lipinski definition) is 1. The number of aromatic nitrogens is 1. The SMILES string of the molecule is OC1c2ccc(Cl)cc2Oc2ncccc21. The average molecular weight is 234 g/mol. The third-order valence-corrected chi connectivity index (χ3v) is 2.81. The lowest BCUT2D eigenvalue weighted by molar-refractivity contribution is 0.201. The van der Waals surface area contributed by atoms with Crippen molar-refractivity contribution < 1.29 is 9.84 Å². The van der Waals surface area contributed by atoms with Crippen molar-refractivity contribution in [3.63, 3.8) is 0 Å². The second-order valence-corrected chi connectivity index (χ2v) is 4.02. The van der Waals surface area contributed by atoms with E-state index in [-0.39, 0.29) is 0 Å². The van der Waals surface area contributed by atoms with Gasteiger partial charge in [-0.25, -0.2) is 4.98 Å². The first-order chi connectivity index (χ1) is 7.75. The Kier molecular flexibility index (Phi) is 2.09. The van der Waals surface area contributed by atoms with Crippen LogP contribution in [0.5, 0.6) is 11.6 Å². The Labute approximate surface area is 97.3 Å². The second-order valence-electron chi connectivity index (χ2n) is 3.58. The number of halogens is 1. The number of fused-ring (bicyclic) bond motifs is 2. The van der Waals surface area contributed by atoms with Crippen molar-refractivity contribution >= 4 is 11.6 Å². The fraction of sp³-hybridized carbons (Fsp3) is 0.0833. The number of aliphatic hydroxyl groups is 1. The van der Waals surface area contributed by atoms with Crippen LogP contribution in [0.1, 0.15) is 17.2 Å². The summed E-state index contributed by atoms with van der Waals surface area (Å²) in [6.45, 7) is 0. The fourth-order valence-electron chi connectivity index (χ4n) is 1.79. The molecule has 0 spiro atoms. The number of hydrogen-bond acceptors (Lipinski definition) is 3. The van der Waals surface area contributed by atoms with Gasteiger partial charge in [-0.3, -0.25) is 0 Å². The largest absolute Gasteiger partial charge is 0.438 e. The highest BCUT2D eigenvalue weighted by Gasteiger charge is 2.26. The summed E-state index contributed by atoms with van der Waals surface area (Å²) in [5, 5.41) is 10.7. The lowest BCUT2D eigenvalue weighted by atomic mass is 9.99. The quantitative estimate of drug-likeness (QED) is 0.761. The van der Waals surface area contributed by atoms with Crippen LogP contribution in [-0.2, 0) is 0 Å². The minimum absolute atomic E-state index is 0.435. The molecule has 1 aromatic carbocycles. The van der Waals surface area contributed by atoms with E-state index in [1.807, 2.05) is 0 Å². The number of nitrogens with zero attached hydrogens (tertiary/aromatic N) is 1. The van der Waals surface area contributed by atoms with Gasteiger partial charge in [-0.05, 0) is 24.3 Å². The molecule has 2 heterocycles. The molecule has 0 fully saturated rings. The van der Waals surface area contributed by atoms with Crippen LogP contribution in [0.3, 0.4) is 0 Å². The summed E-state index contributed by atoms with van der Waals surface area (Å²) in [5.41, 5.74) is 1.39. The molecule has 1 aliphatic rings. The molecule has 1 aliphatic heterocycles. The molecule has 80 valence electrons. The summed E-state index contributed by atoms with van der Waals surface area (Å²) in [4.78, 5) is 4.07. The predicted molar refractivity (Wildman–Crippen MR) is 59.8 cm³/mol. The van der Waals surface area contributed by atoms with Crippen molar-refractivity contribution in [2.45, 2.75) is 6.10 Å². The summed E-state index contributed by atoms with van der Waals surface area (Å²) < 4.78 is 5.57. The molecule has 2 aromatic rings. The molecule has 3 nitrogen and oxygen atoms in total. The molecule has 1 aromatic heterocycles. The molecule has 0 aliphatic carbocycles. The average Bonchev–Trinajstić information content (AvgIpc) is 2.29. The van der Waals surface area contributed by atoms with Gasteiger partial charge in [0.2, 0.25) is 5.88 Å². The Balaban J connectivity index is 2.18. The van der Waals surface area contributed by atoms with Crippen LogP contribution in [0.2, 0.25) is 5.02 Å². The van der Waals surface area contributed by atoms with Crippen LogP contribution in [0.4, 0.5) is 0 Å². The van der Waals surface area contributed by atoms with E-state index in [1.54, 1.807) is 36.5 Å².